The average Bonchev–Trinajstić information content (AvgIpc) is 1.47. The van der Waals surface area contributed by atoms with Crippen LogP contribution in [-0.2, 0) is 10.8 Å². The Morgan fingerprint density at radius 3 is 0.943 bits per heavy atom. The minimum atomic E-state index is -0.927. The number of allylic oxidation sites excluding steroid dienone is 6. The first-order chi connectivity index (χ1) is 68.9. The number of benzene rings is 8. The van der Waals surface area contributed by atoms with Gasteiger partial charge in [-0.1, -0.05) is 333 Å². The number of carbonyl (C=O) groups excluding carboxylic acids is 2. The first-order valence-corrected chi connectivity index (χ1v) is 56.7. The molecule has 1 atom stereocenters. The molecule has 0 N–H and O–H groups in total. The molecule has 0 fully saturated rings. The van der Waals surface area contributed by atoms with Crippen molar-refractivity contribution in [3.63, 3.8) is 0 Å². The maximum Gasteiger partial charge on any atom is 0.194 e. The van der Waals surface area contributed by atoms with E-state index >= 15 is 0 Å². The fourth-order valence-corrected chi connectivity index (χ4v) is 31.8. The van der Waals surface area contributed by atoms with E-state index in [1.165, 1.54) is 220 Å². The number of nitrogens with zero attached hydrogens (tertiary/aromatic N) is 8. The molecule has 0 aliphatic heterocycles. The van der Waals surface area contributed by atoms with Crippen LogP contribution in [0.5, 0.6) is 17.2 Å². The van der Waals surface area contributed by atoms with Gasteiger partial charge >= 0.3 is 0 Å². The molecule has 0 spiro atoms. The number of fused-ring (bicyclic) bond motifs is 17. The van der Waals surface area contributed by atoms with E-state index in [1.54, 1.807) is 71.2 Å². The first-order valence-electron chi connectivity index (χ1n) is 50.3. The zero-order valence-corrected chi connectivity index (χ0v) is 86.2. The van der Waals surface area contributed by atoms with Gasteiger partial charge in [0.15, 0.2) is 11.6 Å². The van der Waals surface area contributed by atoms with E-state index in [4.69, 9.17) is 31.7 Å². The van der Waals surface area contributed by atoms with Crippen molar-refractivity contribution in [1.29, 1.82) is 21.0 Å². The topological polar surface area (TPSA) is 209 Å². The first kappa shape index (κ1) is 95.6. The number of rotatable bonds is 44. The van der Waals surface area contributed by atoms with Crippen molar-refractivity contribution < 1.29 is 23.8 Å². The predicted molar refractivity (Wildman–Crippen MR) is 584 cm³/mol. The lowest BCUT2D eigenvalue weighted by Gasteiger charge is -2.34. The average molecular weight is 1990 g/mol. The second kappa shape index (κ2) is 43.2. The van der Waals surface area contributed by atoms with E-state index in [-0.39, 0.29) is 33.9 Å². The molecule has 0 bridgehead atoms. The number of aromatic nitrogens is 4. The lowest BCUT2D eigenvalue weighted by atomic mass is 9.67. The largest absolute Gasteiger partial charge is 0.494 e. The summed E-state index contributed by atoms with van der Waals surface area (Å²) in [6.45, 7) is 10.9. The number of ether oxygens (including phenoxy) is 3. The zero-order valence-electron chi connectivity index (χ0n) is 79.7. The minimum absolute atomic E-state index is 0.124. The van der Waals surface area contributed by atoms with Crippen LogP contribution in [0.4, 0.5) is 0 Å². The number of nitriles is 4. The molecule has 4 aliphatic carbocycles. The van der Waals surface area contributed by atoms with Crippen LogP contribution in [0.1, 0.15) is 306 Å². The zero-order chi connectivity index (χ0) is 95.8. The highest BCUT2D eigenvalue weighted by Crippen LogP contribution is 2.73. The molecule has 8 aromatic carbocycles. The Kier molecular flexibility index (Phi) is 29.5. The number of Topliss-reactive ketones (excluding diaryl/α,β-unsaturated/α-hetero) is 2. The van der Waals surface area contributed by atoms with Gasteiger partial charge < -0.3 is 14.2 Å². The van der Waals surface area contributed by atoms with Gasteiger partial charge in [-0.15, -0.1) is 68.0 Å². The Morgan fingerprint density at radius 1 is 0.321 bits per heavy atom. The highest BCUT2D eigenvalue weighted by atomic mass is 32.1. The Balaban J connectivity index is 0.750. The Labute approximate surface area is 852 Å². The Bertz CT molecular complexity index is 7580. The summed E-state index contributed by atoms with van der Waals surface area (Å²) >= 11 is 13.5. The molecule has 20 rings (SSSR count). The SMILES string of the molecule is CCCCCCCCCCCCOc1ccc(C2(c3ccc(C)cc3)c3c(sc4cc(-c5ccc(/C=C6\C(=O)c7ccccc7C6=C(C#N)C#N)c6nsnc56)sc34)-c3sc4c5c(sc4c32)-c2sc3cc(-c4ccc(/C=C6\C(=O)c7ccccc7C6=C(C#N)C#N)c6nsnc46)sc3c2C5(c2ccc(OCCCCCCCCCCCC)cc2)c2ccc(OCCCCCCCCCCCC)cc2)cc1. The van der Waals surface area contributed by atoms with Gasteiger partial charge in [0, 0.05) is 97.1 Å². The van der Waals surface area contributed by atoms with Crippen LogP contribution in [-0.4, -0.2) is 48.9 Å². The molecule has 8 heterocycles. The van der Waals surface area contributed by atoms with Gasteiger partial charge in [-0.05, 0) is 120 Å². The summed E-state index contributed by atoms with van der Waals surface area (Å²) in [5.41, 5.74) is 17.8. The quantitative estimate of drug-likeness (QED) is 0.0198. The molecule has 1 unspecified atom stereocenters. The maximum atomic E-state index is 14.5. The summed E-state index contributed by atoms with van der Waals surface area (Å²) < 4.78 is 47.7. The van der Waals surface area contributed by atoms with Gasteiger partial charge in [0.05, 0.1) is 92.4 Å². The number of unbranched alkanes of at least 4 members (excludes halogenated alkanes) is 27. The van der Waals surface area contributed by atoms with Crippen molar-refractivity contribution >= 4 is 177 Å². The van der Waals surface area contributed by atoms with Gasteiger partial charge in [0.2, 0.25) is 0 Å². The van der Waals surface area contributed by atoms with Crippen LogP contribution in [0.15, 0.2) is 204 Å². The number of hydrogen-bond donors (Lipinski definition) is 0. The van der Waals surface area contributed by atoms with E-state index < -0.39 is 10.8 Å². The molecule has 704 valence electrons. The van der Waals surface area contributed by atoms with Crippen LogP contribution >= 0.6 is 91.5 Å². The second-order valence-electron chi connectivity index (χ2n) is 37.7. The monoisotopic (exact) mass is 1990 g/mol. The summed E-state index contributed by atoms with van der Waals surface area (Å²) in [5, 5.41) is 41.4. The van der Waals surface area contributed by atoms with Gasteiger partial charge in [-0.3, -0.25) is 9.59 Å². The molecule has 13 nitrogen and oxygen atoms in total. The van der Waals surface area contributed by atoms with Crippen molar-refractivity contribution in [3.05, 3.63) is 288 Å². The molecule has 4 aliphatic rings. The van der Waals surface area contributed by atoms with Crippen LogP contribution in [0.25, 0.3) is 114 Å². The number of hydrogen-bond acceptors (Lipinski definition) is 21. The summed E-state index contributed by atoms with van der Waals surface area (Å²) in [7, 11) is 0. The molecule has 0 saturated carbocycles. The van der Waals surface area contributed by atoms with E-state index in [0.29, 0.717) is 86.4 Å². The summed E-state index contributed by atoms with van der Waals surface area (Å²) in [5.74, 6) is 2.03. The third-order valence-corrected chi connectivity index (χ3v) is 37.5. The van der Waals surface area contributed by atoms with Crippen molar-refractivity contribution in [2.45, 2.75) is 231 Å². The fourth-order valence-electron chi connectivity index (χ4n) is 21.7. The van der Waals surface area contributed by atoms with Crippen LogP contribution in [0.2, 0.25) is 0 Å². The Hall–Kier alpha value is -12.0. The number of aryl methyl sites for hydroxylation is 1. The Morgan fingerprint density at radius 2 is 0.614 bits per heavy atom. The third kappa shape index (κ3) is 18.0. The molecule has 16 aromatic rings. The van der Waals surface area contributed by atoms with Gasteiger partial charge in [0.25, 0.3) is 0 Å². The molecule has 8 aromatic heterocycles. The van der Waals surface area contributed by atoms with Crippen LogP contribution in [0.3, 0.4) is 0 Å². The lowest BCUT2D eigenvalue weighted by molar-refractivity contribution is 0.103. The van der Waals surface area contributed by atoms with E-state index in [0.717, 1.165) is 132 Å². The smallest absolute Gasteiger partial charge is 0.194 e. The summed E-state index contributed by atoms with van der Waals surface area (Å²) in [6.07, 6.45) is 40.9. The minimum Gasteiger partial charge on any atom is -0.494 e. The van der Waals surface area contributed by atoms with Gasteiger partial charge in [-0.2, -0.15) is 38.5 Å². The molecule has 21 heteroatoms. The van der Waals surface area contributed by atoms with Gasteiger partial charge in [0.1, 0.15) is 74.7 Å². The summed E-state index contributed by atoms with van der Waals surface area (Å²) in [6, 6.07) is 72.4. The lowest BCUT2D eigenvalue weighted by Crippen LogP contribution is -2.29. The normalized spacial score (nSPS) is 14.9. The maximum absolute atomic E-state index is 14.5. The standard InChI is InChI=1S/C119H110N8O5S8/c1-5-8-11-14-17-20-23-26-29-36-63-130-83-55-49-80(50-56-83)118(79-47-43-74(4)44-48-79)100-110-96(68-94(133-110)90-61-45-75(104-106(90)126-139-124-104)66-92-98(77(70-120)71-121)86-39-32-34-41-88(86)108(92)128)135-112(100)114-102(118)116-117(137-114)103-115(138-116)113-101(111-97(136-113)69-95(134-111)91-62-46-76(105-107(91)127-140-125-105)67-93-99(78(72-122)73-123)87-40-33-35-42-89(87)109(93)129)119(103,81-51-57-84(58-52-81)131-64-37-30-27-24-21-18-15-12-9-6-2)82-53-59-85(60-54-82)132-65-38-31-28-25-22-19-16-13-10-7-3/h32-35,39-62,66-69H,5-31,36-38,63-65H2,1-4H3/b92-66-,93-67-. The summed E-state index contributed by atoms with van der Waals surface area (Å²) in [4.78, 5) is 35.9. The molecule has 0 saturated heterocycles. The van der Waals surface area contributed by atoms with Crippen molar-refractivity contribution in [2.75, 3.05) is 19.8 Å². The van der Waals surface area contributed by atoms with Crippen LogP contribution < -0.4 is 14.2 Å². The van der Waals surface area contributed by atoms with Crippen LogP contribution in [0, 0.1) is 52.2 Å². The highest BCUT2D eigenvalue weighted by molar-refractivity contribution is 7.38. The van der Waals surface area contributed by atoms with E-state index in [2.05, 4.69) is 173 Å². The molecular weight excluding hydrogens is 1880 g/mol. The van der Waals surface area contributed by atoms with Crippen molar-refractivity contribution in [2.24, 2.45) is 0 Å². The highest BCUT2D eigenvalue weighted by Gasteiger charge is 2.57. The molecule has 0 radical (unpaired) electrons. The number of thiophene rings is 6. The molecule has 0 amide bonds. The third-order valence-electron chi connectivity index (χ3n) is 28.7. The van der Waals surface area contributed by atoms with Gasteiger partial charge in [-0.25, -0.2) is 0 Å². The predicted octanol–water partition coefficient (Wildman–Crippen LogP) is 35.0. The molecular formula is C119H110N8O5S8. The number of carbonyl (C=O) groups is 2. The van der Waals surface area contributed by atoms with E-state index in [9.17, 15) is 30.6 Å². The second-order valence-corrected chi connectivity index (χ2v) is 45.0. The molecule has 140 heavy (non-hydrogen) atoms. The fraction of sp³-hybridized carbons (Fsp3) is 0.328. The van der Waals surface area contributed by atoms with Crippen molar-refractivity contribution in [1.82, 2.24) is 17.5 Å². The van der Waals surface area contributed by atoms with Crippen molar-refractivity contribution in [3.8, 4) is 81.9 Å². The van der Waals surface area contributed by atoms with E-state index in [1.807, 2.05) is 69.6 Å². The number of ketones is 2.